The molecule has 1 amide bonds. The van der Waals surface area contributed by atoms with E-state index < -0.39 is 0 Å². The monoisotopic (exact) mass is 315 g/mol. The van der Waals surface area contributed by atoms with Gasteiger partial charge < -0.3 is 9.80 Å². The van der Waals surface area contributed by atoms with Gasteiger partial charge in [-0.05, 0) is 62.7 Å². The lowest BCUT2D eigenvalue weighted by Gasteiger charge is -2.37. The molecule has 0 aromatic carbocycles. The second-order valence-corrected chi connectivity index (χ2v) is 7.07. The first kappa shape index (κ1) is 16.4. The first-order chi connectivity index (χ1) is 11.3. The molecule has 0 radical (unpaired) electrons. The maximum Gasteiger partial charge on any atom is 0.226 e. The van der Waals surface area contributed by atoms with Crippen molar-refractivity contribution in [2.75, 3.05) is 32.7 Å². The summed E-state index contributed by atoms with van der Waals surface area (Å²) < 4.78 is 0. The zero-order valence-electron chi connectivity index (χ0n) is 14.3. The van der Waals surface area contributed by atoms with Crippen molar-refractivity contribution in [1.82, 2.24) is 14.8 Å². The third-order valence-corrected chi connectivity index (χ3v) is 5.48. The van der Waals surface area contributed by atoms with Gasteiger partial charge in [0.2, 0.25) is 5.91 Å². The number of amides is 1. The van der Waals surface area contributed by atoms with E-state index in [0.717, 1.165) is 58.4 Å². The first-order valence-electron chi connectivity index (χ1n) is 9.16. The van der Waals surface area contributed by atoms with Crippen molar-refractivity contribution in [3.8, 4) is 0 Å². The van der Waals surface area contributed by atoms with Crippen molar-refractivity contribution in [3.63, 3.8) is 0 Å². The van der Waals surface area contributed by atoms with Gasteiger partial charge in [-0.1, -0.05) is 13.0 Å². The van der Waals surface area contributed by atoms with E-state index in [2.05, 4.69) is 27.8 Å². The van der Waals surface area contributed by atoms with Gasteiger partial charge in [0.15, 0.2) is 0 Å². The largest absolute Gasteiger partial charge is 0.342 e. The van der Waals surface area contributed by atoms with Crippen LogP contribution in [0.3, 0.4) is 0 Å². The van der Waals surface area contributed by atoms with Gasteiger partial charge in [0.05, 0.1) is 5.92 Å². The highest BCUT2D eigenvalue weighted by molar-refractivity contribution is 5.79. The standard InChI is InChI=1S/C19H29N3O/c1-2-21-10-4-6-18(15-21)19(23)22-11-7-16(8-12-22)13-17-5-3-9-20-14-17/h3,5,9,14,16,18H,2,4,6-8,10-13,15H2,1H3/t18-/m0/s1. The average Bonchev–Trinajstić information content (AvgIpc) is 2.63. The summed E-state index contributed by atoms with van der Waals surface area (Å²) >= 11 is 0. The molecule has 0 N–H and O–H groups in total. The van der Waals surface area contributed by atoms with Gasteiger partial charge >= 0.3 is 0 Å². The van der Waals surface area contributed by atoms with Gasteiger partial charge in [0.25, 0.3) is 0 Å². The minimum absolute atomic E-state index is 0.235. The van der Waals surface area contributed by atoms with Gasteiger partial charge in [-0.3, -0.25) is 9.78 Å². The number of likely N-dealkylation sites (tertiary alicyclic amines) is 2. The Morgan fingerprint density at radius 1 is 1.26 bits per heavy atom. The van der Waals surface area contributed by atoms with Gasteiger partial charge in [0.1, 0.15) is 0 Å². The zero-order valence-corrected chi connectivity index (χ0v) is 14.3. The zero-order chi connectivity index (χ0) is 16.1. The number of piperidine rings is 2. The second kappa shape index (κ2) is 7.91. The number of hydrogen-bond donors (Lipinski definition) is 0. The molecule has 0 spiro atoms. The minimum atomic E-state index is 0.235. The fourth-order valence-corrected chi connectivity index (χ4v) is 4.01. The number of rotatable bonds is 4. The van der Waals surface area contributed by atoms with E-state index in [-0.39, 0.29) is 5.92 Å². The molecular formula is C19H29N3O. The van der Waals surface area contributed by atoms with Gasteiger partial charge in [0, 0.05) is 32.0 Å². The lowest BCUT2D eigenvalue weighted by atomic mass is 9.89. The van der Waals surface area contributed by atoms with Crippen molar-refractivity contribution in [2.45, 2.75) is 39.0 Å². The topological polar surface area (TPSA) is 36.4 Å². The number of carbonyl (C=O) groups excluding carboxylic acids is 1. The molecule has 0 bridgehead atoms. The van der Waals surface area contributed by atoms with E-state index in [9.17, 15) is 4.79 Å². The van der Waals surface area contributed by atoms with Crippen LogP contribution in [0.2, 0.25) is 0 Å². The highest BCUT2D eigenvalue weighted by Gasteiger charge is 2.31. The summed E-state index contributed by atoms with van der Waals surface area (Å²) in [5, 5.41) is 0. The van der Waals surface area contributed by atoms with Crippen LogP contribution in [0.4, 0.5) is 0 Å². The lowest BCUT2D eigenvalue weighted by Crippen LogP contribution is -2.47. The van der Waals surface area contributed by atoms with Gasteiger partial charge in [-0.15, -0.1) is 0 Å². The molecule has 4 heteroatoms. The molecule has 2 saturated heterocycles. The molecule has 1 aromatic rings. The molecular weight excluding hydrogens is 286 g/mol. The summed E-state index contributed by atoms with van der Waals surface area (Å²) in [6.45, 7) is 7.25. The van der Waals surface area contributed by atoms with Crippen LogP contribution in [0.25, 0.3) is 0 Å². The fraction of sp³-hybridized carbons (Fsp3) is 0.684. The predicted molar refractivity (Wildman–Crippen MR) is 92.1 cm³/mol. The Hall–Kier alpha value is -1.42. The summed E-state index contributed by atoms with van der Waals surface area (Å²) in [5.41, 5.74) is 1.32. The molecule has 2 aliphatic rings. The number of carbonyl (C=O) groups is 1. The highest BCUT2D eigenvalue weighted by Crippen LogP contribution is 2.25. The second-order valence-electron chi connectivity index (χ2n) is 7.07. The molecule has 0 aliphatic carbocycles. The van der Waals surface area contributed by atoms with Crippen LogP contribution < -0.4 is 0 Å². The van der Waals surface area contributed by atoms with Gasteiger partial charge in [-0.25, -0.2) is 0 Å². The molecule has 0 unspecified atom stereocenters. The van der Waals surface area contributed by atoms with Crippen molar-refractivity contribution < 1.29 is 4.79 Å². The quantitative estimate of drug-likeness (QED) is 0.857. The Kier molecular flexibility index (Phi) is 5.65. The van der Waals surface area contributed by atoms with E-state index >= 15 is 0 Å². The summed E-state index contributed by atoms with van der Waals surface area (Å²) in [6, 6.07) is 4.17. The maximum absolute atomic E-state index is 12.8. The highest BCUT2D eigenvalue weighted by atomic mass is 16.2. The van der Waals surface area contributed by atoms with Crippen molar-refractivity contribution >= 4 is 5.91 Å². The van der Waals surface area contributed by atoms with Gasteiger partial charge in [-0.2, -0.15) is 0 Å². The Morgan fingerprint density at radius 3 is 2.78 bits per heavy atom. The predicted octanol–water partition coefficient (Wildman–Crippen LogP) is 2.59. The van der Waals surface area contributed by atoms with Crippen molar-refractivity contribution in [3.05, 3.63) is 30.1 Å². The van der Waals surface area contributed by atoms with E-state index in [0.29, 0.717) is 11.8 Å². The van der Waals surface area contributed by atoms with Crippen LogP contribution in [0.15, 0.2) is 24.5 Å². The number of nitrogens with zero attached hydrogens (tertiary/aromatic N) is 3. The third kappa shape index (κ3) is 4.31. The molecule has 3 heterocycles. The molecule has 23 heavy (non-hydrogen) atoms. The SMILES string of the molecule is CCN1CCC[C@H](C(=O)N2CCC(Cc3cccnc3)CC2)C1. The molecule has 1 atom stereocenters. The fourth-order valence-electron chi connectivity index (χ4n) is 4.01. The van der Waals surface area contributed by atoms with E-state index in [1.165, 1.54) is 12.0 Å². The van der Waals surface area contributed by atoms with E-state index in [4.69, 9.17) is 0 Å². The maximum atomic E-state index is 12.8. The van der Waals surface area contributed by atoms with Crippen LogP contribution in [0.1, 0.15) is 38.2 Å². The molecule has 0 saturated carbocycles. The summed E-state index contributed by atoms with van der Waals surface area (Å²) in [6.07, 6.45) is 9.40. The van der Waals surface area contributed by atoms with Crippen LogP contribution >= 0.6 is 0 Å². The smallest absolute Gasteiger partial charge is 0.226 e. The lowest BCUT2D eigenvalue weighted by molar-refractivity contribution is -0.138. The van der Waals surface area contributed by atoms with Crippen LogP contribution in [-0.4, -0.2) is 53.4 Å². The Labute approximate surface area is 139 Å². The molecule has 2 fully saturated rings. The molecule has 2 aliphatic heterocycles. The first-order valence-corrected chi connectivity index (χ1v) is 9.16. The van der Waals surface area contributed by atoms with Crippen LogP contribution in [-0.2, 0) is 11.2 Å². The minimum Gasteiger partial charge on any atom is -0.342 e. The number of hydrogen-bond acceptors (Lipinski definition) is 3. The summed E-state index contributed by atoms with van der Waals surface area (Å²) in [5.74, 6) is 1.34. The molecule has 126 valence electrons. The average molecular weight is 315 g/mol. The molecule has 4 nitrogen and oxygen atoms in total. The van der Waals surface area contributed by atoms with Crippen molar-refractivity contribution in [2.24, 2.45) is 11.8 Å². The Bertz CT molecular complexity index is 497. The molecule has 1 aromatic heterocycles. The van der Waals surface area contributed by atoms with E-state index in [1.54, 1.807) is 0 Å². The van der Waals surface area contributed by atoms with Crippen LogP contribution in [0.5, 0.6) is 0 Å². The molecule has 3 rings (SSSR count). The number of aromatic nitrogens is 1. The van der Waals surface area contributed by atoms with Crippen LogP contribution in [0, 0.1) is 11.8 Å². The summed E-state index contributed by atoms with van der Waals surface area (Å²) in [4.78, 5) is 21.5. The van der Waals surface area contributed by atoms with Crippen molar-refractivity contribution in [1.29, 1.82) is 0 Å². The number of pyridine rings is 1. The van der Waals surface area contributed by atoms with E-state index in [1.807, 2.05) is 18.5 Å². The Balaban J connectivity index is 1.47. The summed E-state index contributed by atoms with van der Waals surface area (Å²) in [7, 11) is 0. The normalized spacial score (nSPS) is 23.9. The third-order valence-electron chi connectivity index (χ3n) is 5.48. The Morgan fingerprint density at radius 2 is 2.09 bits per heavy atom.